The van der Waals surface area contributed by atoms with Crippen LogP contribution in [0.1, 0.15) is 36.7 Å². The predicted molar refractivity (Wildman–Crippen MR) is 107 cm³/mol. The van der Waals surface area contributed by atoms with Gasteiger partial charge in [0, 0.05) is 50.3 Å². The Balaban J connectivity index is 1.55. The van der Waals surface area contributed by atoms with Gasteiger partial charge in [0.05, 0.1) is 0 Å². The Morgan fingerprint density at radius 3 is 2.58 bits per heavy atom. The highest BCUT2D eigenvalue weighted by atomic mass is 16.2. The van der Waals surface area contributed by atoms with Crippen LogP contribution in [0.25, 0.3) is 0 Å². The maximum atomic E-state index is 12.8. The molecule has 0 bridgehead atoms. The number of carbonyl (C=O) groups excluding carboxylic acids is 1. The van der Waals surface area contributed by atoms with Gasteiger partial charge in [0.1, 0.15) is 5.69 Å². The minimum atomic E-state index is 0.0231. The zero-order valence-corrected chi connectivity index (χ0v) is 15.5. The first-order valence-corrected chi connectivity index (χ1v) is 9.57. The third kappa shape index (κ3) is 4.75. The van der Waals surface area contributed by atoms with Crippen molar-refractivity contribution in [2.75, 3.05) is 42.9 Å². The molecule has 2 heterocycles. The summed E-state index contributed by atoms with van der Waals surface area (Å²) >= 11 is 0. The fraction of sp³-hybridized carbons (Fsp3) is 0.429. The second kappa shape index (κ2) is 9.22. The van der Waals surface area contributed by atoms with E-state index in [1.54, 1.807) is 6.20 Å². The summed E-state index contributed by atoms with van der Waals surface area (Å²) in [6.45, 7) is 6.28. The molecule has 1 N–H and O–H groups in total. The Morgan fingerprint density at radius 1 is 1.08 bits per heavy atom. The maximum absolute atomic E-state index is 12.8. The summed E-state index contributed by atoms with van der Waals surface area (Å²) in [7, 11) is 0. The molecule has 1 aromatic carbocycles. The number of benzene rings is 1. The van der Waals surface area contributed by atoms with Gasteiger partial charge < -0.3 is 15.1 Å². The van der Waals surface area contributed by atoms with Crippen LogP contribution >= 0.6 is 0 Å². The molecule has 138 valence electrons. The quantitative estimate of drug-likeness (QED) is 0.773. The summed E-state index contributed by atoms with van der Waals surface area (Å²) in [4.78, 5) is 21.3. The number of para-hydroxylation sites is 1. The van der Waals surface area contributed by atoms with Crippen molar-refractivity contribution < 1.29 is 4.79 Å². The second-order valence-electron chi connectivity index (χ2n) is 6.68. The Bertz CT molecular complexity index is 696. The fourth-order valence-electron chi connectivity index (χ4n) is 3.23. The van der Waals surface area contributed by atoms with Gasteiger partial charge in [-0.15, -0.1) is 0 Å². The summed E-state index contributed by atoms with van der Waals surface area (Å²) < 4.78 is 0. The number of pyridine rings is 1. The molecule has 0 saturated carbocycles. The zero-order chi connectivity index (χ0) is 18.2. The van der Waals surface area contributed by atoms with Crippen LogP contribution in [0.3, 0.4) is 0 Å². The Labute approximate surface area is 156 Å². The molecule has 1 saturated heterocycles. The standard InChI is InChI=1S/C21H28N4O/c1-2-3-7-11-22-18-10-12-23-20(17-18)21(26)25-15-13-24(14-16-25)19-8-5-4-6-9-19/h4-6,8-10,12,17H,2-3,7,11,13-16H2,1H3,(H,22,23). The highest BCUT2D eigenvalue weighted by molar-refractivity contribution is 5.93. The number of hydrogen-bond donors (Lipinski definition) is 1. The maximum Gasteiger partial charge on any atom is 0.272 e. The first-order valence-electron chi connectivity index (χ1n) is 9.57. The molecule has 1 amide bonds. The minimum Gasteiger partial charge on any atom is -0.385 e. The first kappa shape index (κ1) is 18.2. The molecule has 0 aliphatic carbocycles. The lowest BCUT2D eigenvalue weighted by molar-refractivity contribution is 0.0741. The number of anilines is 2. The third-order valence-corrected chi connectivity index (χ3v) is 4.78. The highest BCUT2D eigenvalue weighted by Gasteiger charge is 2.23. The van der Waals surface area contributed by atoms with E-state index in [0.717, 1.165) is 44.8 Å². The monoisotopic (exact) mass is 352 g/mol. The van der Waals surface area contributed by atoms with E-state index in [9.17, 15) is 4.79 Å². The lowest BCUT2D eigenvalue weighted by atomic mass is 10.2. The van der Waals surface area contributed by atoms with E-state index < -0.39 is 0 Å². The molecule has 0 spiro atoms. The van der Waals surface area contributed by atoms with Crippen LogP contribution in [0.15, 0.2) is 48.7 Å². The van der Waals surface area contributed by atoms with Crippen LogP contribution in [0.2, 0.25) is 0 Å². The zero-order valence-electron chi connectivity index (χ0n) is 15.5. The number of nitrogens with one attached hydrogen (secondary N) is 1. The number of piperazine rings is 1. The largest absolute Gasteiger partial charge is 0.385 e. The van der Waals surface area contributed by atoms with E-state index >= 15 is 0 Å². The Morgan fingerprint density at radius 2 is 1.85 bits per heavy atom. The molecule has 26 heavy (non-hydrogen) atoms. The van der Waals surface area contributed by atoms with Gasteiger partial charge in [-0.25, -0.2) is 0 Å². The van der Waals surface area contributed by atoms with Crippen molar-refractivity contribution in [3.63, 3.8) is 0 Å². The van der Waals surface area contributed by atoms with Crippen molar-refractivity contribution in [1.29, 1.82) is 0 Å². The van der Waals surface area contributed by atoms with Crippen molar-refractivity contribution in [2.24, 2.45) is 0 Å². The first-order chi connectivity index (χ1) is 12.8. The smallest absolute Gasteiger partial charge is 0.272 e. The fourth-order valence-corrected chi connectivity index (χ4v) is 3.23. The predicted octanol–water partition coefficient (Wildman–Crippen LogP) is 3.65. The van der Waals surface area contributed by atoms with E-state index in [2.05, 4.69) is 46.4 Å². The number of carbonyl (C=O) groups is 1. The van der Waals surface area contributed by atoms with Crippen molar-refractivity contribution in [2.45, 2.75) is 26.2 Å². The molecular formula is C21H28N4O. The average molecular weight is 352 g/mol. The lowest BCUT2D eigenvalue weighted by Gasteiger charge is -2.36. The van der Waals surface area contributed by atoms with E-state index in [1.807, 2.05) is 23.1 Å². The topological polar surface area (TPSA) is 48.5 Å². The molecule has 5 nitrogen and oxygen atoms in total. The van der Waals surface area contributed by atoms with Gasteiger partial charge in [0.25, 0.3) is 5.91 Å². The van der Waals surface area contributed by atoms with E-state index in [4.69, 9.17) is 0 Å². The van der Waals surface area contributed by atoms with Crippen molar-refractivity contribution >= 4 is 17.3 Å². The van der Waals surface area contributed by atoms with Crippen LogP contribution in [-0.2, 0) is 0 Å². The number of aromatic nitrogens is 1. The third-order valence-electron chi connectivity index (χ3n) is 4.78. The van der Waals surface area contributed by atoms with E-state index in [1.165, 1.54) is 18.5 Å². The highest BCUT2D eigenvalue weighted by Crippen LogP contribution is 2.17. The number of rotatable bonds is 7. The molecule has 5 heteroatoms. The molecule has 0 radical (unpaired) electrons. The van der Waals surface area contributed by atoms with Gasteiger partial charge in [-0.2, -0.15) is 0 Å². The summed E-state index contributed by atoms with van der Waals surface area (Å²) in [6, 6.07) is 14.2. The van der Waals surface area contributed by atoms with Crippen molar-refractivity contribution in [3.05, 3.63) is 54.4 Å². The van der Waals surface area contributed by atoms with Crippen LogP contribution < -0.4 is 10.2 Å². The van der Waals surface area contributed by atoms with E-state index in [0.29, 0.717) is 5.69 Å². The summed E-state index contributed by atoms with van der Waals surface area (Å²) in [5, 5.41) is 3.39. The van der Waals surface area contributed by atoms with E-state index in [-0.39, 0.29) is 5.91 Å². The van der Waals surface area contributed by atoms with Crippen LogP contribution in [-0.4, -0.2) is 48.5 Å². The van der Waals surface area contributed by atoms with Crippen molar-refractivity contribution in [3.8, 4) is 0 Å². The van der Waals surface area contributed by atoms with Gasteiger partial charge >= 0.3 is 0 Å². The molecule has 1 aliphatic rings. The van der Waals surface area contributed by atoms with Crippen LogP contribution in [0, 0.1) is 0 Å². The van der Waals surface area contributed by atoms with Crippen molar-refractivity contribution in [1.82, 2.24) is 9.88 Å². The van der Waals surface area contributed by atoms with Gasteiger partial charge in [-0.1, -0.05) is 38.0 Å². The second-order valence-corrected chi connectivity index (χ2v) is 6.68. The summed E-state index contributed by atoms with van der Waals surface area (Å²) in [5.41, 5.74) is 2.72. The lowest BCUT2D eigenvalue weighted by Crippen LogP contribution is -2.49. The molecule has 1 aromatic heterocycles. The Hall–Kier alpha value is -2.56. The van der Waals surface area contributed by atoms with Crippen LogP contribution in [0.4, 0.5) is 11.4 Å². The van der Waals surface area contributed by atoms with Gasteiger partial charge in [-0.3, -0.25) is 9.78 Å². The molecule has 3 rings (SSSR count). The number of hydrogen-bond acceptors (Lipinski definition) is 4. The SMILES string of the molecule is CCCCCNc1ccnc(C(=O)N2CCN(c3ccccc3)CC2)c1. The number of unbranched alkanes of at least 4 members (excludes halogenated alkanes) is 2. The average Bonchev–Trinajstić information content (AvgIpc) is 2.72. The molecule has 0 unspecified atom stereocenters. The molecule has 2 aromatic rings. The molecular weight excluding hydrogens is 324 g/mol. The van der Waals surface area contributed by atoms with Gasteiger partial charge in [0.15, 0.2) is 0 Å². The van der Waals surface area contributed by atoms with Gasteiger partial charge in [-0.05, 0) is 30.7 Å². The molecule has 1 aliphatic heterocycles. The normalized spacial score (nSPS) is 14.3. The summed E-state index contributed by atoms with van der Waals surface area (Å²) in [6.07, 6.45) is 5.28. The molecule has 1 fully saturated rings. The molecule has 0 atom stereocenters. The number of amides is 1. The van der Waals surface area contributed by atoms with Gasteiger partial charge in [0.2, 0.25) is 0 Å². The Kier molecular flexibility index (Phi) is 6.47. The summed E-state index contributed by atoms with van der Waals surface area (Å²) in [5.74, 6) is 0.0231. The minimum absolute atomic E-state index is 0.0231. The number of nitrogens with zero attached hydrogens (tertiary/aromatic N) is 3. The van der Waals surface area contributed by atoms with Crippen LogP contribution in [0.5, 0.6) is 0 Å².